The van der Waals surface area contributed by atoms with E-state index in [4.69, 9.17) is 9.88 Å². The van der Waals surface area contributed by atoms with Crippen LogP contribution in [0.2, 0.25) is 0 Å². The van der Waals surface area contributed by atoms with Crippen molar-refractivity contribution < 1.29 is 13.2 Å². The summed E-state index contributed by atoms with van der Waals surface area (Å²) in [5.41, 5.74) is 1.69. The van der Waals surface area contributed by atoms with Crippen LogP contribution in [0.4, 0.5) is 0 Å². The van der Waals surface area contributed by atoms with Gasteiger partial charge in [-0.3, -0.25) is 0 Å². The van der Waals surface area contributed by atoms with Gasteiger partial charge in [-0.1, -0.05) is 21.5 Å². The molecule has 1 aromatic rings. The largest absolute Gasteiger partial charge is 0.492 e. The van der Waals surface area contributed by atoms with E-state index in [0.717, 1.165) is 11.1 Å². The third kappa shape index (κ3) is 4.12. The standard InChI is InChI=1S/C12H16BrNO3S/c1-8(2)4-5-17-12-9(3)6-10(13)7-11(12)18(14,15)16/h6-7H,1,4-5H2,2-3H3,(H2,14,15,16). The molecule has 100 valence electrons. The number of sulfonamides is 1. The lowest BCUT2D eigenvalue weighted by atomic mass is 10.2. The minimum atomic E-state index is -3.81. The van der Waals surface area contributed by atoms with Gasteiger partial charge in [0.2, 0.25) is 10.0 Å². The molecule has 6 heteroatoms. The first-order chi connectivity index (χ1) is 8.21. The lowest BCUT2D eigenvalue weighted by Gasteiger charge is -2.13. The molecular formula is C12H16BrNO3S. The van der Waals surface area contributed by atoms with E-state index in [9.17, 15) is 8.42 Å². The Balaban J connectivity index is 3.13. The smallest absolute Gasteiger partial charge is 0.241 e. The number of primary sulfonamides is 1. The van der Waals surface area contributed by atoms with Gasteiger partial charge in [0.15, 0.2) is 0 Å². The molecule has 0 aromatic heterocycles. The number of ether oxygens (including phenoxy) is 1. The lowest BCUT2D eigenvalue weighted by Crippen LogP contribution is -2.15. The van der Waals surface area contributed by atoms with E-state index in [1.165, 1.54) is 6.07 Å². The topological polar surface area (TPSA) is 69.4 Å². The van der Waals surface area contributed by atoms with E-state index in [0.29, 0.717) is 23.2 Å². The highest BCUT2D eigenvalue weighted by molar-refractivity contribution is 9.10. The monoisotopic (exact) mass is 333 g/mol. The molecule has 18 heavy (non-hydrogen) atoms. The van der Waals surface area contributed by atoms with E-state index in [1.807, 2.05) is 6.92 Å². The van der Waals surface area contributed by atoms with Gasteiger partial charge >= 0.3 is 0 Å². The van der Waals surface area contributed by atoms with E-state index in [1.54, 1.807) is 13.0 Å². The summed E-state index contributed by atoms with van der Waals surface area (Å²) in [6.45, 7) is 7.80. The molecule has 0 amide bonds. The Bertz CT molecular complexity index is 567. The highest BCUT2D eigenvalue weighted by Gasteiger charge is 2.18. The van der Waals surface area contributed by atoms with Crippen LogP contribution in [0.5, 0.6) is 5.75 Å². The van der Waals surface area contributed by atoms with Gasteiger partial charge in [0.1, 0.15) is 10.6 Å². The zero-order valence-electron chi connectivity index (χ0n) is 10.4. The Morgan fingerprint density at radius 2 is 2.11 bits per heavy atom. The molecule has 0 saturated heterocycles. The second kappa shape index (κ2) is 5.86. The molecule has 0 radical (unpaired) electrons. The molecule has 0 bridgehead atoms. The number of halogens is 1. The van der Waals surface area contributed by atoms with Crippen molar-refractivity contribution >= 4 is 26.0 Å². The zero-order valence-corrected chi connectivity index (χ0v) is 12.8. The Hall–Kier alpha value is -0.850. The van der Waals surface area contributed by atoms with Crippen molar-refractivity contribution in [3.8, 4) is 5.75 Å². The average Bonchev–Trinajstić information content (AvgIpc) is 2.18. The molecule has 1 rings (SSSR count). The van der Waals surface area contributed by atoms with Gasteiger partial charge in [0, 0.05) is 10.9 Å². The van der Waals surface area contributed by atoms with Crippen molar-refractivity contribution in [2.45, 2.75) is 25.2 Å². The minimum absolute atomic E-state index is 0.00362. The van der Waals surface area contributed by atoms with Crippen LogP contribution in [0.25, 0.3) is 0 Å². The van der Waals surface area contributed by atoms with Gasteiger partial charge in [-0.25, -0.2) is 13.6 Å². The van der Waals surface area contributed by atoms with Gasteiger partial charge in [0.05, 0.1) is 6.61 Å². The van der Waals surface area contributed by atoms with Crippen LogP contribution in [-0.2, 0) is 10.0 Å². The van der Waals surface area contributed by atoms with E-state index >= 15 is 0 Å². The maximum atomic E-state index is 11.5. The third-order valence-electron chi connectivity index (χ3n) is 2.29. The first kappa shape index (κ1) is 15.2. The fourth-order valence-corrected chi connectivity index (χ4v) is 2.92. The summed E-state index contributed by atoms with van der Waals surface area (Å²) in [5.74, 6) is 0.307. The molecule has 0 fully saturated rings. The molecule has 0 atom stereocenters. The van der Waals surface area contributed by atoms with Crippen LogP contribution in [0.1, 0.15) is 18.9 Å². The number of rotatable bonds is 5. The fourth-order valence-electron chi connectivity index (χ4n) is 1.42. The number of hydrogen-bond acceptors (Lipinski definition) is 3. The SMILES string of the molecule is C=C(C)CCOc1c(C)cc(Br)cc1S(N)(=O)=O. The van der Waals surface area contributed by atoms with Crippen LogP contribution in [0.3, 0.4) is 0 Å². The predicted molar refractivity (Wildman–Crippen MR) is 75.2 cm³/mol. The summed E-state index contributed by atoms with van der Waals surface area (Å²) in [6, 6.07) is 3.23. The van der Waals surface area contributed by atoms with Crippen LogP contribution in [-0.4, -0.2) is 15.0 Å². The third-order valence-corrected chi connectivity index (χ3v) is 3.66. The summed E-state index contributed by atoms with van der Waals surface area (Å²) in [4.78, 5) is -0.00362. The molecule has 4 nitrogen and oxygen atoms in total. The van der Waals surface area contributed by atoms with E-state index in [2.05, 4.69) is 22.5 Å². The molecule has 0 aliphatic rings. The minimum Gasteiger partial charge on any atom is -0.492 e. The van der Waals surface area contributed by atoms with Crippen LogP contribution < -0.4 is 9.88 Å². The molecule has 0 saturated carbocycles. The van der Waals surface area contributed by atoms with Crippen molar-refractivity contribution in [2.75, 3.05) is 6.61 Å². The second-order valence-electron chi connectivity index (χ2n) is 4.15. The Labute approximate surface area is 116 Å². The average molecular weight is 334 g/mol. The van der Waals surface area contributed by atoms with Crippen LogP contribution >= 0.6 is 15.9 Å². The number of benzene rings is 1. The first-order valence-corrected chi connectivity index (χ1v) is 7.66. The van der Waals surface area contributed by atoms with Gasteiger partial charge < -0.3 is 4.74 Å². The predicted octanol–water partition coefficient (Wildman–Crippen LogP) is 2.75. The van der Waals surface area contributed by atoms with Crippen molar-refractivity contribution in [1.82, 2.24) is 0 Å². The number of aryl methyl sites for hydroxylation is 1. The van der Waals surface area contributed by atoms with Gasteiger partial charge in [0.25, 0.3) is 0 Å². The molecule has 0 heterocycles. The number of hydrogen-bond donors (Lipinski definition) is 1. The molecule has 0 aliphatic carbocycles. The maximum absolute atomic E-state index is 11.5. The molecule has 0 aliphatic heterocycles. The first-order valence-electron chi connectivity index (χ1n) is 5.32. The van der Waals surface area contributed by atoms with Crippen molar-refractivity contribution in [3.05, 3.63) is 34.3 Å². The normalized spacial score (nSPS) is 11.3. The summed E-state index contributed by atoms with van der Waals surface area (Å²) in [7, 11) is -3.81. The van der Waals surface area contributed by atoms with Crippen molar-refractivity contribution in [2.24, 2.45) is 5.14 Å². The second-order valence-corrected chi connectivity index (χ2v) is 6.60. The quantitative estimate of drug-likeness (QED) is 0.842. The fraction of sp³-hybridized carbons (Fsp3) is 0.333. The molecule has 0 spiro atoms. The summed E-state index contributed by atoms with van der Waals surface area (Å²) >= 11 is 3.24. The molecule has 2 N–H and O–H groups in total. The molecule has 1 aromatic carbocycles. The Kier molecular flexibility index (Phi) is 4.95. The van der Waals surface area contributed by atoms with E-state index < -0.39 is 10.0 Å². The zero-order chi connectivity index (χ0) is 13.9. The highest BCUT2D eigenvalue weighted by atomic mass is 79.9. The van der Waals surface area contributed by atoms with Gasteiger partial charge in [-0.05, 0) is 31.5 Å². The van der Waals surface area contributed by atoms with E-state index in [-0.39, 0.29) is 4.90 Å². The highest BCUT2D eigenvalue weighted by Crippen LogP contribution is 2.31. The van der Waals surface area contributed by atoms with Gasteiger partial charge in [-0.2, -0.15) is 0 Å². The maximum Gasteiger partial charge on any atom is 0.241 e. The molecular weight excluding hydrogens is 318 g/mol. The molecule has 0 unspecified atom stereocenters. The summed E-state index contributed by atoms with van der Waals surface area (Å²) < 4.78 is 29.2. The summed E-state index contributed by atoms with van der Waals surface area (Å²) in [6.07, 6.45) is 0.666. The van der Waals surface area contributed by atoms with Crippen molar-refractivity contribution in [1.29, 1.82) is 0 Å². The number of nitrogens with two attached hydrogens (primary N) is 1. The summed E-state index contributed by atoms with van der Waals surface area (Å²) in [5, 5.41) is 5.18. The van der Waals surface area contributed by atoms with Crippen molar-refractivity contribution in [3.63, 3.8) is 0 Å². The lowest BCUT2D eigenvalue weighted by molar-refractivity contribution is 0.311. The van der Waals surface area contributed by atoms with Crippen LogP contribution in [0.15, 0.2) is 33.7 Å². The van der Waals surface area contributed by atoms with Gasteiger partial charge in [-0.15, -0.1) is 6.58 Å². The van der Waals surface area contributed by atoms with Crippen LogP contribution in [0, 0.1) is 6.92 Å². The Morgan fingerprint density at radius 3 is 2.61 bits per heavy atom. The Morgan fingerprint density at radius 1 is 1.50 bits per heavy atom.